The van der Waals surface area contributed by atoms with Gasteiger partial charge in [0.25, 0.3) is 0 Å². The first-order chi connectivity index (χ1) is 3.80. The molecular formula is C6H11FO. The Kier molecular flexibility index (Phi) is 1.84. The number of hydrogen-bond acceptors (Lipinski definition) is 1. The molecule has 1 N–H and O–H groups in total. The molecule has 0 spiro atoms. The smallest absolute Gasteiger partial charge is 0.126 e. The lowest BCUT2D eigenvalue weighted by Gasteiger charge is -2.20. The highest BCUT2D eigenvalue weighted by Gasteiger charge is 2.21. The van der Waals surface area contributed by atoms with Crippen LogP contribution < -0.4 is 0 Å². The molecule has 1 fully saturated rings. The van der Waals surface area contributed by atoms with Crippen molar-refractivity contribution in [3.05, 3.63) is 0 Å². The molecule has 0 aromatic carbocycles. The number of halogens is 1. The van der Waals surface area contributed by atoms with Crippen LogP contribution in [0.5, 0.6) is 0 Å². The second-order valence-corrected chi connectivity index (χ2v) is 2.37. The van der Waals surface area contributed by atoms with Crippen molar-refractivity contribution in [2.45, 2.75) is 38.0 Å². The van der Waals surface area contributed by atoms with Gasteiger partial charge in [0.15, 0.2) is 0 Å². The second-order valence-electron chi connectivity index (χ2n) is 2.37. The van der Waals surface area contributed by atoms with Crippen molar-refractivity contribution >= 4 is 0 Å². The van der Waals surface area contributed by atoms with Crippen molar-refractivity contribution in [3.63, 3.8) is 0 Å². The Balaban J connectivity index is 2.28. The molecule has 8 heavy (non-hydrogen) atoms. The van der Waals surface area contributed by atoms with E-state index in [0.29, 0.717) is 12.8 Å². The summed E-state index contributed by atoms with van der Waals surface area (Å²) in [4.78, 5) is 0. The van der Waals surface area contributed by atoms with Crippen LogP contribution in [-0.4, -0.2) is 17.4 Å². The molecule has 0 aromatic heterocycles. The van der Waals surface area contributed by atoms with Crippen LogP contribution >= 0.6 is 0 Å². The maximum absolute atomic E-state index is 12.3. The first-order valence-electron chi connectivity index (χ1n) is 3.13. The first kappa shape index (κ1) is 6.02. The maximum Gasteiger partial charge on any atom is 0.126 e. The predicted molar refractivity (Wildman–Crippen MR) is 29.4 cm³/mol. The summed E-state index contributed by atoms with van der Waals surface area (Å²) in [5.41, 5.74) is 0. The fourth-order valence-electron chi connectivity index (χ4n) is 1.07. The zero-order chi connectivity index (χ0) is 5.98. The van der Waals surface area contributed by atoms with Gasteiger partial charge in [-0.2, -0.15) is 0 Å². The Morgan fingerprint density at radius 2 is 1.88 bits per heavy atom. The summed E-state index contributed by atoms with van der Waals surface area (Å²) < 4.78 is 12.3. The summed E-state index contributed by atoms with van der Waals surface area (Å²) in [7, 11) is 0. The van der Waals surface area contributed by atoms with E-state index in [9.17, 15) is 4.39 Å². The summed E-state index contributed by atoms with van der Waals surface area (Å²) >= 11 is 0. The van der Waals surface area contributed by atoms with Gasteiger partial charge >= 0.3 is 0 Å². The van der Waals surface area contributed by atoms with Crippen molar-refractivity contribution in [1.29, 1.82) is 0 Å². The van der Waals surface area contributed by atoms with Crippen LogP contribution in [0.2, 0.25) is 0 Å². The Morgan fingerprint density at radius 1 is 1.25 bits per heavy atom. The van der Waals surface area contributed by atoms with Crippen molar-refractivity contribution < 1.29 is 9.50 Å². The van der Waals surface area contributed by atoms with Crippen molar-refractivity contribution in [2.75, 3.05) is 0 Å². The van der Waals surface area contributed by atoms with Crippen LogP contribution in [0.4, 0.5) is 4.39 Å². The highest BCUT2D eigenvalue weighted by molar-refractivity contribution is 4.72. The van der Waals surface area contributed by atoms with Crippen LogP contribution in [0.25, 0.3) is 0 Å². The van der Waals surface area contributed by atoms with Gasteiger partial charge < -0.3 is 5.11 Å². The topological polar surface area (TPSA) is 20.2 Å². The van der Waals surface area contributed by atoms with Gasteiger partial charge in [-0.1, -0.05) is 12.8 Å². The van der Waals surface area contributed by atoms with E-state index in [1.54, 1.807) is 0 Å². The van der Waals surface area contributed by atoms with E-state index in [1.807, 2.05) is 0 Å². The minimum absolute atomic E-state index is 0.557. The van der Waals surface area contributed by atoms with Gasteiger partial charge in [0, 0.05) is 0 Å². The minimum atomic E-state index is -0.941. The molecule has 0 unspecified atom stereocenters. The fraction of sp³-hybridized carbons (Fsp3) is 1.00. The summed E-state index contributed by atoms with van der Waals surface area (Å²) in [6, 6.07) is 0. The highest BCUT2D eigenvalue weighted by atomic mass is 19.1. The third kappa shape index (κ3) is 1.19. The Hall–Kier alpha value is -0.110. The third-order valence-corrected chi connectivity index (χ3v) is 1.65. The molecule has 1 aliphatic rings. The number of aliphatic hydroxyl groups excluding tert-OH is 1. The molecule has 1 saturated carbocycles. The largest absolute Gasteiger partial charge is 0.390 e. The van der Waals surface area contributed by atoms with Crippen molar-refractivity contribution in [3.8, 4) is 0 Å². The lowest BCUT2D eigenvalue weighted by atomic mass is 9.96. The SMILES string of the molecule is O[C@H]1CCCC[C@H]1F. The lowest BCUT2D eigenvalue weighted by Crippen LogP contribution is -2.25. The van der Waals surface area contributed by atoms with E-state index in [1.165, 1.54) is 0 Å². The first-order valence-corrected chi connectivity index (χ1v) is 3.13. The second kappa shape index (κ2) is 2.44. The Labute approximate surface area is 48.5 Å². The van der Waals surface area contributed by atoms with Gasteiger partial charge in [-0.05, 0) is 12.8 Å². The predicted octanol–water partition coefficient (Wildman–Crippen LogP) is 1.26. The summed E-state index contributed by atoms with van der Waals surface area (Å²) in [6.45, 7) is 0. The van der Waals surface area contributed by atoms with E-state index >= 15 is 0 Å². The number of alkyl halides is 1. The van der Waals surface area contributed by atoms with Crippen LogP contribution in [0.15, 0.2) is 0 Å². The van der Waals surface area contributed by atoms with E-state index in [0.717, 1.165) is 12.8 Å². The van der Waals surface area contributed by atoms with E-state index in [-0.39, 0.29) is 0 Å². The molecule has 0 amide bonds. The summed E-state index contributed by atoms with van der Waals surface area (Å²) in [6.07, 6.45) is 1.54. The quantitative estimate of drug-likeness (QED) is 0.507. The van der Waals surface area contributed by atoms with Crippen LogP contribution in [0, 0.1) is 0 Å². The normalized spacial score (nSPS) is 39.8. The van der Waals surface area contributed by atoms with Gasteiger partial charge in [-0.25, -0.2) is 4.39 Å². The van der Waals surface area contributed by atoms with E-state index < -0.39 is 12.3 Å². The average molecular weight is 118 g/mol. The minimum Gasteiger partial charge on any atom is -0.390 e. The van der Waals surface area contributed by atoms with E-state index in [4.69, 9.17) is 5.11 Å². The molecule has 0 aliphatic heterocycles. The van der Waals surface area contributed by atoms with Gasteiger partial charge in [0.05, 0.1) is 6.10 Å². The Morgan fingerprint density at radius 3 is 2.25 bits per heavy atom. The molecule has 0 bridgehead atoms. The van der Waals surface area contributed by atoms with Gasteiger partial charge in [0.1, 0.15) is 6.17 Å². The van der Waals surface area contributed by atoms with E-state index in [2.05, 4.69) is 0 Å². The summed E-state index contributed by atoms with van der Waals surface area (Å²) in [5.74, 6) is 0. The number of hydrogen-bond donors (Lipinski definition) is 1. The molecule has 1 rings (SSSR count). The Bertz CT molecular complexity index is 64.9. The van der Waals surface area contributed by atoms with Gasteiger partial charge in [-0.15, -0.1) is 0 Å². The standard InChI is InChI=1S/C6H11FO/c7-5-3-1-2-4-6(5)8/h5-6,8H,1-4H2/t5-,6+/m1/s1. The van der Waals surface area contributed by atoms with Crippen molar-refractivity contribution in [2.24, 2.45) is 0 Å². The zero-order valence-corrected chi connectivity index (χ0v) is 4.81. The lowest BCUT2D eigenvalue weighted by molar-refractivity contribution is 0.0442. The monoisotopic (exact) mass is 118 g/mol. The number of aliphatic hydroxyl groups is 1. The molecular weight excluding hydrogens is 107 g/mol. The average Bonchev–Trinajstić information content (AvgIpc) is 1.77. The maximum atomic E-state index is 12.3. The van der Waals surface area contributed by atoms with Crippen molar-refractivity contribution in [1.82, 2.24) is 0 Å². The van der Waals surface area contributed by atoms with Crippen LogP contribution in [0.3, 0.4) is 0 Å². The molecule has 1 aliphatic carbocycles. The molecule has 2 atom stereocenters. The van der Waals surface area contributed by atoms with Crippen LogP contribution in [-0.2, 0) is 0 Å². The molecule has 1 nitrogen and oxygen atoms in total. The summed E-state index contributed by atoms with van der Waals surface area (Å²) in [5, 5.41) is 8.80. The third-order valence-electron chi connectivity index (χ3n) is 1.65. The molecule has 0 saturated heterocycles. The molecule has 2 heteroatoms. The zero-order valence-electron chi connectivity index (χ0n) is 4.81. The fourth-order valence-corrected chi connectivity index (χ4v) is 1.07. The molecule has 0 radical (unpaired) electrons. The molecule has 0 heterocycles. The molecule has 48 valence electrons. The van der Waals surface area contributed by atoms with Gasteiger partial charge in [0.2, 0.25) is 0 Å². The molecule has 0 aromatic rings. The van der Waals surface area contributed by atoms with Crippen LogP contribution in [0.1, 0.15) is 25.7 Å². The highest BCUT2D eigenvalue weighted by Crippen LogP contribution is 2.20. The van der Waals surface area contributed by atoms with Gasteiger partial charge in [-0.3, -0.25) is 0 Å². The number of rotatable bonds is 0.